The first-order chi connectivity index (χ1) is 9.72. The van der Waals surface area contributed by atoms with Crippen LogP contribution in [0.3, 0.4) is 0 Å². The van der Waals surface area contributed by atoms with Crippen LogP contribution in [0.25, 0.3) is 10.9 Å². The molecule has 0 radical (unpaired) electrons. The Morgan fingerprint density at radius 3 is 2.70 bits per heavy atom. The van der Waals surface area contributed by atoms with Gasteiger partial charge in [-0.05, 0) is 12.5 Å². The average molecular weight is 385 g/mol. The number of hydrogen-bond acceptors (Lipinski definition) is 2. The van der Waals surface area contributed by atoms with E-state index in [0.717, 1.165) is 23.7 Å². The zero-order chi connectivity index (χ0) is 14.4. The van der Waals surface area contributed by atoms with Crippen molar-refractivity contribution in [1.29, 1.82) is 0 Å². The second-order valence-electron chi connectivity index (χ2n) is 4.96. The predicted octanol–water partition coefficient (Wildman–Crippen LogP) is 5.11. The monoisotopic (exact) mass is 385 g/mol. The van der Waals surface area contributed by atoms with Crippen molar-refractivity contribution in [1.82, 2.24) is 2.78 Å². The molecule has 108 valence electrons. The minimum Gasteiger partial charge on any atom is -0.408 e. The van der Waals surface area contributed by atoms with Gasteiger partial charge in [0, 0.05) is 17.9 Å². The molecule has 0 fully saturated rings. The van der Waals surface area contributed by atoms with Crippen molar-refractivity contribution in [3.05, 3.63) is 30.3 Å². The summed E-state index contributed by atoms with van der Waals surface area (Å²) in [6.07, 6.45) is 6.20. The Morgan fingerprint density at radius 2 is 1.95 bits per heavy atom. The Morgan fingerprint density at radius 1 is 1.20 bits per heavy atom. The maximum absolute atomic E-state index is 11.8. The topological polar surface area (TPSA) is 31.2 Å². The molecule has 2 aromatic rings. The molecule has 0 saturated carbocycles. The molecule has 0 saturated heterocycles. The summed E-state index contributed by atoms with van der Waals surface area (Å²) in [7, 11) is 0. The van der Waals surface area contributed by atoms with E-state index >= 15 is 0 Å². The van der Waals surface area contributed by atoms with Gasteiger partial charge in [-0.3, -0.25) is 7.58 Å². The van der Waals surface area contributed by atoms with E-state index in [1.165, 1.54) is 19.3 Å². The lowest BCUT2D eigenvalue weighted by molar-refractivity contribution is -0.134. The molecule has 1 heterocycles. The molecule has 1 aromatic carbocycles. The molecule has 0 atom stereocenters. The molecule has 20 heavy (non-hydrogen) atoms. The Hall–Kier alpha value is -1.04. The molecular weight excluding hydrogens is 365 g/mol. The summed E-state index contributed by atoms with van der Waals surface area (Å²) in [5, 5.41) is 1.09. The molecule has 3 nitrogen and oxygen atoms in total. The number of para-hydroxylation sites is 1. The number of nitrogens with zero attached hydrogens (tertiary/aromatic N) is 1. The van der Waals surface area contributed by atoms with Gasteiger partial charge in [0.25, 0.3) is 0 Å². The first-order valence-electron chi connectivity index (χ1n) is 7.19. The van der Waals surface area contributed by atoms with Crippen molar-refractivity contribution in [2.75, 3.05) is 0 Å². The summed E-state index contributed by atoms with van der Waals surface area (Å²) >= 11 is 2.16. The summed E-state index contributed by atoms with van der Waals surface area (Å²) in [5.74, 6) is 0.479. The lowest BCUT2D eigenvalue weighted by Crippen LogP contribution is -2.08. The summed E-state index contributed by atoms with van der Waals surface area (Å²) in [5.41, 5.74) is 1.07. The van der Waals surface area contributed by atoms with E-state index in [9.17, 15) is 4.79 Å². The van der Waals surface area contributed by atoms with Gasteiger partial charge < -0.3 is 4.74 Å². The zero-order valence-corrected chi connectivity index (χ0v) is 13.9. The second kappa shape index (κ2) is 7.67. The third-order valence-corrected chi connectivity index (χ3v) is 4.32. The number of rotatable bonds is 7. The van der Waals surface area contributed by atoms with Gasteiger partial charge in [0.15, 0.2) is 0 Å². The van der Waals surface area contributed by atoms with Crippen LogP contribution in [-0.2, 0) is 4.79 Å². The van der Waals surface area contributed by atoms with E-state index in [-0.39, 0.29) is 5.97 Å². The number of carbonyl (C=O) groups excluding carboxylic acids is 1. The van der Waals surface area contributed by atoms with Crippen LogP contribution in [0, 0.1) is 0 Å². The minimum atomic E-state index is -0.137. The number of benzene rings is 1. The van der Waals surface area contributed by atoms with E-state index in [0.29, 0.717) is 12.3 Å². The van der Waals surface area contributed by atoms with Crippen LogP contribution in [0.5, 0.6) is 5.88 Å². The normalized spacial score (nSPS) is 10.9. The highest BCUT2D eigenvalue weighted by atomic mass is 127. The molecule has 4 heteroatoms. The van der Waals surface area contributed by atoms with E-state index in [1.807, 2.05) is 33.1 Å². The van der Waals surface area contributed by atoms with Crippen molar-refractivity contribution in [3.63, 3.8) is 0 Å². The van der Waals surface area contributed by atoms with Crippen molar-refractivity contribution < 1.29 is 9.53 Å². The SMILES string of the molecule is CCCCCCCC(=O)Oc1cc2ccccc2n1I. The molecule has 0 unspecified atom stereocenters. The maximum atomic E-state index is 11.8. The fraction of sp³-hybridized carbons (Fsp3) is 0.438. The van der Waals surface area contributed by atoms with Crippen molar-refractivity contribution in [2.45, 2.75) is 45.4 Å². The van der Waals surface area contributed by atoms with E-state index in [1.54, 1.807) is 0 Å². The molecule has 1 aromatic heterocycles. The third-order valence-electron chi connectivity index (χ3n) is 3.32. The van der Waals surface area contributed by atoms with Crippen molar-refractivity contribution >= 4 is 39.7 Å². The summed E-state index contributed by atoms with van der Waals surface area (Å²) < 4.78 is 7.34. The quantitative estimate of drug-likeness (QED) is 0.377. The van der Waals surface area contributed by atoms with Gasteiger partial charge in [-0.1, -0.05) is 50.8 Å². The van der Waals surface area contributed by atoms with Gasteiger partial charge in [0.05, 0.1) is 28.4 Å². The van der Waals surface area contributed by atoms with Crippen LogP contribution < -0.4 is 4.74 Å². The summed E-state index contributed by atoms with van der Waals surface area (Å²) in [6, 6.07) is 9.92. The summed E-state index contributed by atoms with van der Waals surface area (Å²) in [6.45, 7) is 2.19. The first kappa shape index (κ1) is 15.4. The first-order valence-corrected chi connectivity index (χ1v) is 8.16. The van der Waals surface area contributed by atoms with Crippen molar-refractivity contribution in [3.8, 4) is 5.88 Å². The second-order valence-corrected chi connectivity index (χ2v) is 5.93. The molecule has 0 bridgehead atoms. The fourth-order valence-electron chi connectivity index (χ4n) is 2.21. The molecule has 0 aliphatic carbocycles. The largest absolute Gasteiger partial charge is 0.408 e. The number of unbranched alkanes of at least 4 members (excludes halogenated alkanes) is 4. The van der Waals surface area contributed by atoms with Crippen LogP contribution in [0.1, 0.15) is 45.4 Å². The lowest BCUT2D eigenvalue weighted by atomic mass is 10.1. The highest BCUT2D eigenvalue weighted by Crippen LogP contribution is 2.28. The number of ether oxygens (including phenoxy) is 1. The summed E-state index contributed by atoms with van der Waals surface area (Å²) in [4.78, 5) is 11.8. The number of fused-ring (bicyclic) bond motifs is 1. The smallest absolute Gasteiger partial charge is 0.312 e. The molecule has 0 N–H and O–H groups in total. The highest BCUT2D eigenvalue weighted by molar-refractivity contribution is 14.1. The number of hydrogen-bond donors (Lipinski definition) is 0. The number of esters is 1. The van der Waals surface area contributed by atoms with E-state index in [4.69, 9.17) is 4.74 Å². The van der Waals surface area contributed by atoms with Crippen LogP contribution in [-0.4, -0.2) is 8.75 Å². The third kappa shape index (κ3) is 3.98. The van der Waals surface area contributed by atoms with Crippen LogP contribution >= 0.6 is 22.9 Å². The fourth-order valence-corrected chi connectivity index (χ4v) is 2.88. The maximum Gasteiger partial charge on any atom is 0.312 e. The van der Waals surface area contributed by atoms with Crippen molar-refractivity contribution in [2.24, 2.45) is 0 Å². The molecule has 0 aliphatic heterocycles. The Labute approximate surface area is 133 Å². The lowest BCUT2D eigenvalue weighted by Gasteiger charge is -2.04. The molecule has 0 amide bonds. The number of aromatic nitrogens is 1. The molecule has 2 rings (SSSR count). The van der Waals surface area contributed by atoms with Gasteiger partial charge in [-0.2, -0.15) is 0 Å². The highest BCUT2D eigenvalue weighted by Gasteiger charge is 2.11. The van der Waals surface area contributed by atoms with Gasteiger partial charge in [-0.15, -0.1) is 0 Å². The van der Waals surface area contributed by atoms with Crippen LogP contribution in [0.15, 0.2) is 30.3 Å². The Bertz CT molecular complexity index is 577. The average Bonchev–Trinajstić information content (AvgIpc) is 2.76. The Balaban J connectivity index is 1.88. The van der Waals surface area contributed by atoms with Gasteiger partial charge in [0.2, 0.25) is 5.88 Å². The number of halogens is 1. The van der Waals surface area contributed by atoms with E-state index in [2.05, 4.69) is 29.8 Å². The molecular formula is C16H20INO2. The van der Waals surface area contributed by atoms with Gasteiger partial charge >= 0.3 is 5.97 Å². The number of carbonyl (C=O) groups is 1. The van der Waals surface area contributed by atoms with Crippen LogP contribution in [0.2, 0.25) is 0 Å². The Kier molecular flexibility index (Phi) is 5.88. The molecule has 0 aliphatic rings. The van der Waals surface area contributed by atoms with Gasteiger partial charge in [-0.25, -0.2) is 0 Å². The minimum absolute atomic E-state index is 0.137. The predicted molar refractivity (Wildman–Crippen MR) is 90.4 cm³/mol. The van der Waals surface area contributed by atoms with E-state index < -0.39 is 0 Å². The van der Waals surface area contributed by atoms with Gasteiger partial charge in [0.1, 0.15) is 0 Å². The standard InChI is InChI=1S/C16H20INO2/c1-2-3-4-5-6-11-16(19)20-15-12-13-9-7-8-10-14(13)18(15)17/h7-10,12H,2-6,11H2,1H3. The zero-order valence-electron chi connectivity index (χ0n) is 11.8. The molecule has 0 spiro atoms. The van der Waals surface area contributed by atoms with Crippen LogP contribution in [0.4, 0.5) is 0 Å².